The Morgan fingerprint density at radius 3 is 2.74 bits per heavy atom. The third-order valence-electron chi connectivity index (χ3n) is 4.80. The number of hydrogen-bond acceptors (Lipinski definition) is 3. The molecule has 2 atom stereocenters. The summed E-state index contributed by atoms with van der Waals surface area (Å²) in [6.45, 7) is 5.68. The second-order valence-corrected chi connectivity index (χ2v) is 6.57. The van der Waals surface area contributed by atoms with Crippen LogP contribution in [0.3, 0.4) is 0 Å². The first-order valence-corrected chi connectivity index (χ1v) is 8.35. The van der Waals surface area contributed by atoms with Gasteiger partial charge in [0.2, 0.25) is 0 Å². The molecule has 0 bridgehead atoms. The van der Waals surface area contributed by atoms with E-state index in [1.165, 1.54) is 30.5 Å². The van der Waals surface area contributed by atoms with E-state index in [0.29, 0.717) is 25.0 Å². The summed E-state index contributed by atoms with van der Waals surface area (Å²) >= 11 is 0. The van der Waals surface area contributed by atoms with Crippen LogP contribution in [0.5, 0.6) is 0 Å². The average molecular weight is 316 g/mol. The van der Waals surface area contributed by atoms with Gasteiger partial charge in [-0.2, -0.15) is 5.10 Å². The minimum absolute atomic E-state index is 0.207. The maximum Gasteiger partial charge on any atom is 0.123 e. The normalized spacial score (nSPS) is 22.4. The summed E-state index contributed by atoms with van der Waals surface area (Å²) < 4.78 is 14.9. The molecule has 2 heterocycles. The molecule has 124 valence electrons. The number of rotatable bonds is 5. The highest BCUT2D eigenvalue weighted by molar-refractivity contribution is 5.17. The first-order valence-electron chi connectivity index (χ1n) is 8.35. The summed E-state index contributed by atoms with van der Waals surface area (Å²) in [5, 5.41) is 4.43. The fraction of sp³-hybridized carbons (Fsp3) is 0.500. The molecule has 3 rings (SSSR count). The van der Waals surface area contributed by atoms with Crippen molar-refractivity contribution < 1.29 is 4.39 Å². The molecule has 2 aromatic rings. The predicted octanol–water partition coefficient (Wildman–Crippen LogP) is 2.63. The van der Waals surface area contributed by atoms with Gasteiger partial charge in [0.1, 0.15) is 5.82 Å². The predicted molar refractivity (Wildman–Crippen MR) is 89.4 cm³/mol. The van der Waals surface area contributed by atoms with Gasteiger partial charge < -0.3 is 5.73 Å². The number of piperidine rings is 1. The van der Waals surface area contributed by atoms with Crippen molar-refractivity contribution in [2.45, 2.75) is 38.9 Å². The molecule has 1 fully saturated rings. The fourth-order valence-electron chi connectivity index (χ4n) is 3.50. The largest absolute Gasteiger partial charge is 0.329 e. The van der Waals surface area contributed by atoms with Crippen LogP contribution < -0.4 is 5.73 Å². The third kappa shape index (κ3) is 3.98. The van der Waals surface area contributed by atoms with Crippen LogP contribution in [0, 0.1) is 11.7 Å². The van der Waals surface area contributed by atoms with Gasteiger partial charge in [0.25, 0.3) is 0 Å². The van der Waals surface area contributed by atoms with E-state index >= 15 is 0 Å². The fourth-order valence-corrected chi connectivity index (χ4v) is 3.50. The summed E-state index contributed by atoms with van der Waals surface area (Å²) in [6, 6.07) is 7.03. The molecule has 2 N–H and O–H groups in total. The Morgan fingerprint density at radius 2 is 2.00 bits per heavy atom. The summed E-state index contributed by atoms with van der Waals surface area (Å²) in [5.41, 5.74) is 8.22. The Bertz CT molecular complexity index is 622. The molecular weight excluding hydrogens is 291 g/mol. The lowest BCUT2D eigenvalue weighted by Gasteiger charge is -2.39. The highest BCUT2D eigenvalue weighted by Gasteiger charge is 2.27. The zero-order valence-electron chi connectivity index (χ0n) is 13.7. The molecule has 4 nitrogen and oxygen atoms in total. The zero-order chi connectivity index (χ0) is 16.2. The van der Waals surface area contributed by atoms with E-state index in [1.807, 2.05) is 10.9 Å². The van der Waals surface area contributed by atoms with Gasteiger partial charge >= 0.3 is 0 Å². The first kappa shape index (κ1) is 16.1. The van der Waals surface area contributed by atoms with Gasteiger partial charge in [-0.1, -0.05) is 19.1 Å². The van der Waals surface area contributed by atoms with Crippen molar-refractivity contribution in [1.82, 2.24) is 14.7 Å². The quantitative estimate of drug-likeness (QED) is 0.922. The number of halogens is 1. The number of benzene rings is 1. The number of nitrogens with two attached hydrogens (primary N) is 1. The smallest absolute Gasteiger partial charge is 0.123 e. The van der Waals surface area contributed by atoms with E-state index in [1.54, 1.807) is 12.1 Å². The van der Waals surface area contributed by atoms with Gasteiger partial charge in [-0.25, -0.2) is 4.39 Å². The minimum Gasteiger partial charge on any atom is -0.329 e. The molecule has 1 aliphatic heterocycles. The van der Waals surface area contributed by atoms with Gasteiger partial charge in [-0.05, 0) is 43.0 Å². The number of nitrogens with zero attached hydrogens (tertiary/aromatic N) is 3. The zero-order valence-corrected chi connectivity index (χ0v) is 13.7. The van der Waals surface area contributed by atoms with Crippen molar-refractivity contribution in [3.8, 4) is 0 Å². The van der Waals surface area contributed by atoms with Crippen molar-refractivity contribution in [2.24, 2.45) is 11.7 Å². The first-order chi connectivity index (χ1) is 11.2. The van der Waals surface area contributed by atoms with E-state index in [0.717, 1.165) is 18.7 Å². The monoisotopic (exact) mass is 316 g/mol. The van der Waals surface area contributed by atoms with E-state index in [4.69, 9.17) is 5.73 Å². The Balaban J connectivity index is 1.63. The van der Waals surface area contributed by atoms with Gasteiger partial charge in [-0.15, -0.1) is 0 Å². The van der Waals surface area contributed by atoms with E-state index in [-0.39, 0.29) is 5.82 Å². The molecule has 0 saturated carbocycles. The molecule has 0 aliphatic carbocycles. The molecule has 1 aromatic heterocycles. The summed E-state index contributed by atoms with van der Waals surface area (Å²) in [5.74, 6) is 0.449. The number of likely N-dealkylation sites (tertiary alicyclic amines) is 1. The minimum atomic E-state index is -0.207. The van der Waals surface area contributed by atoms with E-state index in [9.17, 15) is 4.39 Å². The van der Waals surface area contributed by atoms with E-state index < -0.39 is 0 Å². The molecule has 23 heavy (non-hydrogen) atoms. The van der Waals surface area contributed by atoms with Crippen LogP contribution in [0.1, 0.15) is 30.9 Å². The van der Waals surface area contributed by atoms with Gasteiger partial charge in [0, 0.05) is 30.9 Å². The Labute approximate surface area is 137 Å². The van der Waals surface area contributed by atoms with Crippen molar-refractivity contribution in [3.05, 3.63) is 53.6 Å². The maximum absolute atomic E-state index is 13.0. The second kappa shape index (κ2) is 7.23. The van der Waals surface area contributed by atoms with Crippen LogP contribution in [-0.2, 0) is 13.1 Å². The second-order valence-electron chi connectivity index (χ2n) is 6.57. The Kier molecular flexibility index (Phi) is 5.08. The van der Waals surface area contributed by atoms with Crippen LogP contribution in [-0.4, -0.2) is 33.8 Å². The topological polar surface area (TPSA) is 47.1 Å². The standard InChI is InChI=1S/C18H25FN4/c1-14-3-2-8-22(18(14)9-20)11-16-10-21-23(13-16)12-15-4-6-17(19)7-5-15/h4-7,10,13-14,18H,2-3,8-9,11-12,20H2,1H3. The van der Waals surface area contributed by atoms with Crippen molar-refractivity contribution in [3.63, 3.8) is 0 Å². The highest BCUT2D eigenvalue weighted by atomic mass is 19.1. The molecule has 2 unspecified atom stereocenters. The Morgan fingerprint density at radius 1 is 1.22 bits per heavy atom. The molecule has 1 saturated heterocycles. The number of hydrogen-bond donors (Lipinski definition) is 1. The lowest BCUT2D eigenvalue weighted by atomic mass is 9.90. The summed E-state index contributed by atoms with van der Waals surface area (Å²) in [7, 11) is 0. The molecule has 1 aliphatic rings. The lowest BCUT2D eigenvalue weighted by molar-refractivity contribution is 0.0990. The maximum atomic E-state index is 13.0. The average Bonchev–Trinajstić information content (AvgIpc) is 2.97. The van der Waals surface area contributed by atoms with Crippen molar-refractivity contribution >= 4 is 0 Å². The van der Waals surface area contributed by atoms with Crippen LogP contribution >= 0.6 is 0 Å². The van der Waals surface area contributed by atoms with Crippen LogP contribution in [0.2, 0.25) is 0 Å². The lowest BCUT2D eigenvalue weighted by Crippen LogP contribution is -2.47. The molecular formula is C18H25FN4. The number of aromatic nitrogens is 2. The van der Waals surface area contributed by atoms with Gasteiger partial charge in [0.05, 0.1) is 12.7 Å². The van der Waals surface area contributed by atoms with Crippen molar-refractivity contribution in [1.29, 1.82) is 0 Å². The van der Waals surface area contributed by atoms with Gasteiger partial charge in [-0.3, -0.25) is 9.58 Å². The van der Waals surface area contributed by atoms with E-state index in [2.05, 4.69) is 23.1 Å². The van der Waals surface area contributed by atoms with Crippen LogP contribution in [0.25, 0.3) is 0 Å². The molecule has 5 heteroatoms. The highest BCUT2D eigenvalue weighted by Crippen LogP contribution is 2.24. The summed E-state index contributed by atoms with van der Waals surface area (Å²) in [6.07, 6.45) is 6.51. The third-order valence-corrected chi connectivity index (χ3v) is 4.80. The van der Waals surface area contributed by atoms with Crippen LogP contribution in [0.15, 0.2) is 36.7 Å². The van der Waals surface area contributed by atoms with Gasteiger partial charge in [0.15, 0.2) is 0 Å². The summed E-state index contributed by atoms with van der Waals surface area (Å²) in [4.78, 5) is 2.48. The van der Waals surface area contributed by atoms with Crippen molar-refractivity contribution in [2.75, 3.05) is 13.1 Å². The Hall–Kier alpha value is -1.72. The van der Waals surface area contributed by atoms with Crippen LogP contribution in [0.4, 0.5) is 4.39 Å². The molecule has 0 amide bonds. The molecule has 0 radical (unpaired) electrons. The SMILES string of the molecule is CC1CCCN(Cc2cnn(Cc3ccc(F)cc3)c2)C1CN. The molecule has 1 aromatic carbocycles. The molecule has 0 spiro atoms.